The summed E-state index contributed by atoms with van der Waals surface area (Å²) in [7, 11) is -3.60. The van der Waals surface area contributed by atoms with Crippen molar-refractivity contribution in [3.8, 4) is 5.75 Å². The summed E-state index contributed by atoms with van der Waals surface area (Å²) in [6, 6.07) is 6.06. The molecule has 0 aromatic heterocycles. The molecule has 9 heteroatoms. The van der Waals surface area contributed by atoms with E-state index >= 15 is 0 Å². The summed E-state index contributed by atoms with van der Waals surface area (Å²) in [4.78, 5) is 14.2. The second-order valence-electron chi connectivity index (χ2n) is 6.66. The first kappa shape index (κ1) is 20.1. The van der Waals surface area contributed by atoms with Gasteiger partial charge in [0.05, 0.1) is 24.2 Å². The monoisotopic (exact) mass is 398 g/mol. The SMILES string of the molecule is C[C@H](Oc1ccc(S(=O)(=O)NC[C@@H]2CCCO2)cc1)C(=O)N1CCOCC1. The first-order valence-electron chi connectivity index (χ1n) is 9.20. The largest absolute Gasteiger partial charge is 0.481 e. The quantitative estimate of drug-likeness (QED) is 0.729. The van der Waals surface area contributed by atoms with Crippen LogP contribution in [0, 0.1) is 0 Å². The lowest BCUT2D eigenvalue weighted by atomic mass is 10.2. The minimum absolute atomic E-state index is 0.0607. The molecule has 3 rings (SSSR count). The highest BCUT2D eigenvalue weighted by molar-refractivity contribution is 7.89. The predicted molar refractivity (Wildman–Crippen MR) is 98.1 cm³/mol. The fourth-order valence-corrected chi connectivity index (χ4v) is 4.15. The van der Waals surface area contributed by atoms with Gasteiger partial charge in [-0.1, -0.05) is 0 Å². The highest BCUT2D eigenvalue weighted by Gasteiger charge is 2.24. The smallest absolute Gasteiger partial charge is 0.263 e. The molecular weight excluding hydrogens is 372 g/mol. The van der Waals surface area contributed by atoms with Gasteiger partial charge in [-0.25, -0.2) is 13.1 Å². The molecule has 0 saturated carbocycles. The fourth-order valence-electron chi connectivity index (χ4n) is 3.08. The van der Waals surface area contributed by atoms with E-state index in [-0.39, 0.29) is 23.5 Å². The number of morpholine rings is 1. The molecule has 0 unspecified atom stereocenters. The van der Waals surface area contributed by atoms with Crippen LogP contribution < -0.4 is 9.46 Å². The lowest BCUT2D eigenvalue weighted by Gasteiger charge is -2.29. The summed E-state index contributed by atoms with van der Waals surface area (Å²) in [6.07, 6.45) is 1.11. The summed E-state index contributed by atoms with van der Waals surface area (Å²) in [6.45, 7) is 4.81. The molecule has 2 atom stereocenters. The van der Waals surface area contributed by atoms with Crippen molar-refractivity contribution in [1.29, 1.82) is 0 Å². The summed E-state index contributed by atoms with van der Waals surface area (Å²) in [5.74, 6) is 0.343. The van der Waals surface area contributed by atoms with Gasteiger partial charge in [0.2, 0.25) is 10.0 Å². The van der Waals surface area contributed by atoms with Crippen molar-refractivity contribution in [2.24, 2.45) is 0 Å². The number of sulfonamides is 1. The van der Waals surface area contributed by atoms with E-state index < -0.39 is 16.1 Å². The molecule has 0 aliphatic carbocycles. The Bertz CT molecular complexity index is 725. The molecule has 0 spiro atoms. The molecule has 0 bridgehead atoms. The van der Waals surface area contributed by atoms with Crippen LogP contribution in [0.2, 0.25) is 0 Å². The Kier molecular flexibility index (Phi) is 6.69. The van der Waals surface area contributed by atoms with Gasteiger partial charge in [-0.3, -0.25) is 4.79 Å². The molecule has 2 aliphatic heterocycles. The Labute approximate surface area is 159 Å². The van der Waals surface area contributed by atoms with Crippen molar-refractivity contribution >= 4 is 15.9 Å². The van der Waals surface area contributed by atoms with Crippen LogP contribution in [-0.4, -0.2) is 70.9 Å². The Morgan fingerprint density at radius 3 is 2.59 bits per heavy atom. The predicted octanol–water partition coefficient (Wildman–Crippen LogP) is 0.770. The highest BCUT2D eigenvalue weighted by atomic mass is 32.2. The average Bonchev–Trinajstić information content (AvgIpc) is 3.21. The molecule has 2 heterocycles. The van der Waals surface area contributed by atoms with E-state index in [1.165, 1.54) is 12.1 Å². The maximum Gasteiger partial charge on any atom is 0.263 e. The van der Waals surface area contributed by atoms with Gasteiger partial charge in [0.25, 0.3) is 5.91 Å². The molecule has 8 nitrogen and oxygen atoms in total. The molecule has 27 heavy (non-hydrogen) atoms. The number of hydrogen-bond acceptors (Lipinski definition) is 6. The molecule has 2 aliphatic rings. The van der Waals surface area contributed by atoms with Gasteiger partial charge >= 0.3 is 0 Å². The Balaban J connectivity index is 1.54. The topological polar surface area (TPSA) is 94.2 Å². The average molecular weight is 398 g/mol. The maximum atomic E-state index is 12.4. The highest BCUT2D eigenvalue weighted by Crippen LogP contribution is 2.18. The number of carbonyl (C=O) groups excluding carboxylic acids is 1. The fraction of sp³-hybridized carbons (Fsp3) is 0.611. The minimum Gasteiger partial charge on any atom is -0.481 e. The molecule has 2 saturated heterocycles. The number of hydrogen-bond donors (Lipinski definition) is 1. The lowest BCUT2D eigenvalue weighted by Crippen LogP contribution is -2.46. The van der Waals surface area contributed by atoms with E-state index in [1.54, 1.807) is 24.0 Å². The van der Waals surface area contributed by atoms with Crippen LogP contribution in [0.15, 0.2) is 29.2 Å². The van der Waals surface area contributed by atoms with E-state index in [1.807, 2.05) is 0 Å². The van der Waals surface area contributed by atoms with Crippen molar-refractivity contribution in [1.82, 2.24) is 9.62 Å². The van der Waals surface area contributed by atoms with Gasteiger partial charge in [-0.15, -0.1) is 0 Å². The van der Waals surface area contributed by atoms with Crippen molar-refractivity contribution < 1.29 is 27.4 Å². The first-order chi connectivity index (χ1) is 13.0. The van der Waals surface area contributed by atoms with E-state index in [2.05, 4.69) is 4.72 Å². The van der Waals surface area contributed by atoms with Gasteiger partial charge < -0.3 is 19.1 Å². The normalized spacial score (nSPS) is 21.8. The molecule has 0 radical (unpaired) electrons. The van der Waals surface area contributed by atoms with Crippen molar-refractivity contribution in [2.75, 3.05) is 39.5 Å². The van der Waals surface area contributed by atoms with Crippen LogP contribution in [0.5, 0.6) is 5.75 Å². The maximum absolute atomic E-state index is 12.4. The summed E-state index contributed by atoms with van der Waals surface area (Å²) < 4.78 is 43.6. The van der Waals surface area contributed by atoms with Crippen LogP contribution in [0.25, 0.3) is 0 Å². The third-order valence-electron chi connectivity index (χ3n) is 4.64. The van der Waals surface area contributed by atoms with E-state index in [0.29, 0.717) is 38.7 Å². The van der Waals surface area contributed by atoms with Crippen LogP contribution in [0.4, 0.5) is 0 Å². The van der Waals surface area contributed by atoms with Crippen LogP contribution in [0.3, 0.4) is 0 Å². The van der Waals surface area contributed by atoms with Crippen molar-refractivity contribution in [2.45, 2.75) is 36.9 Å². The third kappa shape index (κ3) is 5.41. The number of benzene rings is 1. The van der Waals surface area contributed by atoms with Gasteiger partial charge in [0, 0.05) is 26.2 Å². The molecule has 1 amide bonds. The zero-order valence-corrected chi connectivity index (χ0v) is 16.2. The van der Waals surface area contributed by atoms with Crippen molar-refractivity contribution in [3.63, 3.8) is 0 Å². The first-order valence-corrected chi connectivity index (χ1v) is 10.7. The Morgan fingerprint density at radius 1 is 1.26 bits per heavy atom. The molecule has 1 aromatic carbocycles. The molecule has 2 fully saturated rings. The minimum atomic E-state index is -3.60. The Hall–Kier alpha value is -1.68. The van der Waals surface area contributed by atoms with E-state index in [0.717, 1.165) is 12.8 Å². The number of carbonyl (C=O) groups is 1. The second kappa shape index (κ2) is 9.01. The summed E-state index contributed by atoms with van der Waals surface area (Å²) in [5, 5.41) is 0. The van der Waals surface area contributed by atoms with Gasteiger partial charge in [0.15, 0.2) is 6.10 Å². The van der Waals surface area contributed by atoms with Crippen molar-refractivity contribution in [3.05, 3.63) is 24.3 Å². The van der Waals surface area contributed by atoms with Crippen LogP contribution >= 0.6 is 0 Å². The van der Waals surface area contributed by atoms with Gasteiger partial charge in [-0.05, 0) is 44.0 Å². The van der Waals surface area contributed by atoms with E-state index in [9.17, 15) is 13.2 Å². The van der Waals surface area contributed by atoms with E-state index in [4.69, 9.17) is 14.2 Å². The molecule has 150 valence electrons. The molecular formula is C18H26N2O6S. The van der Waals surface area contributed by atoms with Gasteiger partial charge in [-0.2, -0.15) is 0 Å². The molecule has 1 N–H and O–H groups in total. The third-order valence-corrected chi connectivity index (χ3v) is 6.08. The standard InChI is InChI=1S/C18H26N2O6S/c1-14(18(21)20-8-11-24-12-9-20)26-15-4-6-17(7-5-15)27(22,23)19-13-16-3-2-10-25-16/h4-7,14,16,19H,2-3,8-13H2,1H3/t14-,16-/m0/s1. The Morgan fingerprint density at radius 2 is 1.96 bits per heavy atom. The number of nitrogens with one attached hydrogen (secondary N) is 1. The number of nitrogens with zero attached hydrogens (tertiary/aromatic N) is 1. The number of amides is 1. The lowest BCUT2D eigenvalue weighted by molar-refractivity contribution is -0.142. The number of ether oxygens (including phenoxy) is 3. The van der Waals surface area contributed by atoms with Gasteiger partial charge in [0.1, 0.15) is 5.75 Å². The number of rotatable bonds is 7. The zero-order chi connectivity index (χ0) is 19.3. The second-order valence-corrected chi connectivity index (χ2v) is 8.42. The van der Waals surface area contributed by atoms with Crippen LogP contribution in [0.1, 0.15) is 19.8 Å². The summed E-state index contributed by atoms with van der Waals surface area (Å²) in [5.41, 5.74) is 0. The van der Waals surface area contributed by atoms with Crippen LogP contribution in [-0.2, 0) is 24.3 Å². The molecule has 1 aromatic rings. The summed E-state index contributed by atoms with van der Waals surface area (Å²) >= 11 is 0. The zero-order valence-electron chi connectivity index (χ0n) is 15.4.